The van der Waals surface area contributed by atoms with E-state index < -0.39 is 41.9 Å². The first-order chi connectivity index (χ1) is 19.8. The SMILES string of the molecule is COC(=O)[C@H](C)N1C(=O)[C@H](N2C(=O)c3ccccc3C2=O)Cc2c1n(C(=O)OCc1ccccc1)c1ccccc21. The Morgan fingerprint density at radius 3 is 2.15 bits per heavy atom. The first-order valence-corrected chi connectivity index (χ1v) is 13.0. The van der Waals surface area contributed by atoms with Crippen LogP contribution in [0.5, 0.6) is 0 Å². The van der Waals surface area contributed by atoms with Crippen LogP contribution < -0.4 is 4.90 Å². The number of imide groups is 1. The van der Waals surface area contributed by atoms with Crippen molar-refractivity contribution in [1.82, 2.24) is 9.47 Å². The average molecular weight is 552 g/mol. The predicted octanol–water partition coefficient (Wildman–Crippen LogP) is 3.94. The van der Waals surface area contributed by atoms with Crippen LogP contribution in [0.3, 0.4) is 0 Å². The van der Waals surface area contributed by atoms with Gasteiger partial charge in [-0.2, -0.15) is 0 Å². The van der Waals surface area contributed by atoms with Crippen LogP contribution in [-0.2, 0) is 32.1 Å². The van der Waals surface area contributed by atoms with E-state index in [-0.39, 0.29) is 30.0 Å². The van der Waals surface area contributed by atoms with Gasteiger partial charge in [-0.15, -0.1) is 0 Å². The molecule has 0 radical (unpaired) electrons. The first kappa shape index (κ1) is 26.0. The minimum absolute atomic E-state index is 0.0148. The minimum atomic E-state index is -1.25. The number of para-hydroxylation sites is 1. The summed E-state index contributed by atoms with van der Waals surface area (Å²) in [5, 5.41) is 0.621. The van der Waals surface area contributed by atoms with Crippen molar-refractivity contribution in [1.29, 1.82) is 0 Å². The molecule has 3 amide bonds. The van der Waals surface area contributed by atoms with Gasteiger partial charge in [0.2, 0.25) is 0 Å². The Balaban J connectivity index is 1.49. The van der Waals surface area contributed by atoms with Gasteiger partial charge in [0, 0.05) is 17.4 Å². The number of aromatic nitrogens is 1. The van der Waals surface area contributed by atoms with Crippen molar-refractivity contribution in [2.45, 2.75) is 32.0 Å². The van der Waals surface area contributed by atoms with Gasteiger partial charge in [0.15, 0.2) is 0 Å². The summed E-state index contributed by atoms with van der Waals surface area (Å²) in [6.07, 6.45) is -0.802. The van der Waals surface area contributed by atoms with Gasteiger partial charge in [-0.25, -0.2) is 14.2 Å². The number of hydrogen-bond acceptors (Lipinski definition) is 7. The summed E-state index contributed by atoms with van der Waals surface area (Å²) in [4.78, 5) is 69.5. The number of ether oxygens (including phenoxy) is 2. The maximum atomic E-state index is 14.2. The molecule has 1 aromatic heterocycles. The van der Waals surface area contributed by atoms with E-state index in [2.05, 4.69) is 0 Å². The van der Waals surface area contributed by atoms with Gasteiger partial charge in [-0.1, -0.05) is 60.7 Å². The van der Waals surface area contributed by atoms with Crippen LogP contribution in [0, 0.1) is 0 Å². The highest BCUT2D eigenvalue weighted by Gasteiger charge is 2.50. The van der Waals surface area contributed by atoms with Crippen LogP contribution in [-0.4, -0.2) is 58.4 Å². The number of anilines is 1. The lowest BCUT2D eigenvalue weighted by Gasteiger charge is -2.38. The number of fused-ring (bicyclic) bond motifs is 4. The highest BCUT2D eigenvalue weighted by Crippen LogP contribution is 2.41. The molecule has 0 bridgehead atoms. The molecule has 3 aromatic carbocycles. The van der Waals surface area contributed by atoms with Gasteiger partial charge < -0.3 is 9.47 Å². The molecule has 0 unspecified atom stereocenters. The number of esters is 1. The summed E-state index contributed by atoms with van der Waals surface area (Å²) in [6, 6.07) is 20.1. The number of nitrogens with zero attached hydrogens (tertiary/aromatic N) is 3. The molecule has 10 nitrogen and oxygen atoms in total. The lowest BCUT2D eigenvalue weighted by atomic mass is 9.96. The summed E-state index contributed by atoms with van der Waals surface area (Å²) in [7, 11) is 1.19. The Hall–Kier alpha value is -5.25. The number of hydrogen-bond donors (Lipinski definition) is 0. The van der Waals surface area contributed by atoms with Crippen LogP contribution >= 0.6 is 0 Å². The fraction of sp³-hybridized carbons (Fsp3) is 0.194. The number of amides is 3. The molecule has 0 saturated heterocycles. The molecule has 41 heavy (non-hydrogen) atoms. The van der Waals surface area contributed by atoms with Gasteiger partial charge in [-0.3, -0.25) is 24.2 Å². The molecule has 2 aliphatic heterocycles. The third-order valence-electron chi connectivity index (χ3n) is 7.55. The van der Waals surface area contributed by atoms with E-state index in [1.807, 2.05) is 30.3 Å². The molecule has 6 rings (SSSR count). The highest BCUT2D eigenvalue weighted by molar-refractivity contribution is 6.24. The molecule has 2 aliphatic rings. The minimum Gasteiger partial charge on any atom is -0.467 e. The smallest absolute Gasteiger partial charge is 0.420 e. The molecular formula is C31H25N3O7. The molecule has 0 fully saturated rings. The van der Waals surface area contributed by atoms with Gasteiger partial charge in [-0.05, 0) is 30.7 Å². The summed E-state index contributed by atoms with van der Waals surface area (Å²) >= 11 is 0. The molecule has 3 heterocycles. The number of carbonyl (C=O) groups is 5. The van der Waals surface area contributed by atoms with E-state index in [9.17, 15) is 24.0 Å². The summed E-state index contributed by atoms with van der Waals surface area (Å²) in [5.74, 6) is -2.47. The van der Waals surface area contributed by atoms with Crippen molar-refractivity contribution >= 4 is 46.5 Å². The zero-order chi connectivity index (χ0) is 28.8. The predicted molar refractivity (Wildman–Crippen MR) is 147 cm³/mol. The van der Waals surface area contributed by atoms with Gasteiger partial charge in [0.05, 0.1) is 23.8 Å². The maximum Gasteiger partial charge on any atom is 0.420 e. The number of benzene rings is 3. The number of methoxy groups -OCH3 is 1. The van der Waals surface area contributed by atoms with Crippen molar-refractivity contribution < 1.29 is 33.4 Å². The summed E-state index contributed by atoms with van der Waals surface area (Å²) in [5.41, 5.74) is 2.15. The maximum absolute atomic E-state index is 14.2. The number of carbonyl (C=O) groups excluding carboxylic acids is 5. The van der Waals surface area contributed by atoms with E-state index in [4.69, 9.17) is 9.47 Å². The molecule has 206 valence electrons. The summed E-state index contributed by atoms with van der Waals surface area (Å²) in [6.45, 7) is 1.45. The molecule has 2 atom stereocenters. The Morgan fingerprint density at radius 2 is 1.49 bits per heavy atom. The Morgan fingerprint density at radius 1 is 0.878 bits per heavy atom. The molecule has 10 heteroatoms. The Labute approximate surface area is 234 Å². The first-order valence-electron chi connectivity index (χ1n) is 13.0. The van der Waals surface area contributed by atoms with Crippen molar-refractivity contribution in [3.63, 3.8) is 0 Å². The highest BCUT2D eigenvalue weighted by atomic mass is 16.5. The van der Waals surface area contributed by atoms with Gasteiger partial charge in [0.1, 0.15) is 24.5 Å². The molecule has 0 saturated carbocycles. The van der Waals surface area contributed by atoms with E-state index in [0.717, 1.165) is 15.4 Å². The zero-order valence-electron chi connectivity index (χ0n) is 22.3. The van der Waals surface area contributed by atoms with Crippen molar-refractivity contribution in [2.75, 3.05) is 12.0 Å². The van der Waals surface area contributed by atoms with Crippen molar-refractivity contribution in [2.24, 2.45) is 0 Å². The summed E-state index contributed by atoms with van der Waals surface area (Å²) < 4.78 is 11.9. The van der Waals surface area contributed by atoms with E-state index in [1.54, 1.807) is 36.4 Å². The monoisotopic (exact) mass is 551 g/mol. The molecule has 4 aromatic rings. The third-order valence-corrected chi connectivity index (χ3v) is 7.55. The molecule has 0 spiro atoms. The quantitative estimate of drug-likeness (QED) is 0.273. The van der Waals surface area contributed by atoms with Crippen LogP contribution in [0.2, 0.25) is 0 Å². The van der Waals surface area contributed by atoms with Crippen LogP contribution in [0.4, 0.5) is 10.6 Å². The van der Waals surface area contributed by atoms with Crippen LogP contribution in [0.25, 0.3) is 10.9 Å². The second-order valence-corrected chi connectivity index (χ2v) is 9.85. The standard InChI is InChI=1S/C31H25N3O7/c1-18(30(38)40-2)32-26-23(16-25(29(32)37)34-27(35)21-13-6-7-14-22(21)28(34)36)20-12-8-9-15-24(20)33(26)31(39)41-17-19-10-4-3-5-11-19/h3-15,18,25H,16-17H2,1-2H3/t18-,25+/m0/s1. The Kier molecular flexibility index (Phi) is 6.37. The third kappa shape index (κ3) is 4.07. The van der Waals surface area contributed by atoms with Crippen molar-refractivity contribution in [3.05, 3.63) is 101 Å². The zero-order valence-corrected chi connectivity index (χ0v) is 22.3. The van der Waals surface area contributed by atoms with Crippen molar-refractivity contribution in [3.8, 4) is 0 Å². The lowest BCUT2D eigenvalue weighted by molar-refractivity contribution is -0.143. The normalized spacial score (nSPS) is 16.9. The second-order valence-electron chi connectivity index (χ2n) is 9.85. The fourth-order valence-corrected chi connectivity index (χ4v) is 5.60. The Bertz CT molecular complexity index is 1710. The van der Waals surface area contributed by atoms with Gasteiger partial charge in [0.25, 0.3) is 17.7 Å². The number of rotatable bonds is 5. The van der Waals surface area contributed by atoms with E-state index in [0.29, 0.717) is 16.5 Å². The van der Waals surface area contributed by atoms with E-state index >= 15 is 0 Å². The largest absolute Gasteiger partial charge is 0.467 e. The fourth-order valence-electron chi connectivity index (χ4n) is 5.60. The molecule has 0 N–H and O–H groups in total. The molecule has 0 aliphatic carbocycles. The van der Waals surface area contributed by atoms with E-state index in [1.165, 1.54) is 30.7 Å². The van der Waals surface area contributed by atoms with Crippen LogP contribution in [0.15, 0.2) is 78.9 Å². The van der Waals surface area contributed by atoms with Gasteiger partial charge >= 0.3 is 12.1 Å². The lowest BCUT2D eigenvalue weighted by Crippen LogP contribution is -2.59. The molecular weight excluding hydrogens is 526 g/mol. The van der Waals surface area contributed by atoms with Crippen LogP contribution in [0.1, 0.15) is 38.8 Å². The topological polar surface area (TPSA) is 115 Å². The second kappa shape index (κ2) is 10.1. The average Bonchev–Trinajstić information content (AvgIpc) is 3.46.